The average molecular weight is 543 g/mol. The minimum Gasteiger partial charge on any atom is -0.496 e. The zero-order valence-electron chi connectivity index (χ0n) is 21.6. The van der Waals surface area contributed by atoms with Crippen LogP contribution in [0, 0.1) is 37.9 Å². The summed E-state index contributed by atoms with van der Waals surface area (Å²) in [5.41, 5.74) is 4.02. The van der Waals surface area contributed by atoms with E-state index in [0.29, 0.717) is 23.0 Å². The number of nitrogens with zero attached hydrogens (tertiary/aromatic N) is 2. The first-order chi connectivity index (χ1) is 17.9. The van der Waals surface area contributed by atoms with E-state index in [0.717, 1.165) is 44.6 Å². The molecule has 1 aliphatic carbocycles. The molecule has 1 aromatic heterocycles. The van der Waals surface area contributed by atoms with E-state index >= 15 is 4.39 Å². The molecule has 0 saturated heterocycles. The molecule has 1 heterocycles. The minimum absolute atomic E-state index is 0.0986. The van der Waals surface area contributed by atoms with Crippen LogP contribution in [0.5, 0.6) is 5.75 Å². The summed E-state index contributed by atoms with van der Waals surface area (Å²) in [6, 6.07) is 9.08. The van der Waals surface area contributed by atoms with Crippen LogP contribution in [0.25, 0.3) is 11.3 Å². The van der Waals surface area contributed by atoms with Crippen LogP contribution in [0.4, 0.5) is 9.52 Å². The smallest absolute Gasteiger partial charge is 0.187 e. The highest BCUT2D eigenvalue weighted by Crippen LogP contribution is 2.44. The van der Waals surface area contributed by atoms with E-state index in [-0.39, 0.29) is 25.3 Å². The van der Waals surface area contributed by atoms with E-state index in [2.05, 4.69) is 10.8 Å². The quantitative estimate of drug-likeness (QED) is 0.136. The Morgan fingerprint density at radius 2 is 2.03 bits per heavy atom. The molecule has 5 nitrogen and oxygen atoms in total. The van der Waals surface area contributed by atoms with Gasteiger partial charge in [-0.25, -0.2) is 9.37 Å². The molecule has 0 radical (unpaired) electrons. The summed E-state index contributed by atoms with van der Waals surface area (Å²) in [5, 5.41) is 1.38. The first kappa shape index (κ1) is 27.4. The van der Waals surface area contributed by atoms with Crippen LogP contribution in [0.2, 0.25) is 5.02 Å². The highest BCUT2D eigenvalue weighted by atomic mass is 35.5. The van der Waals surface area contributed by atoms with Crippen LogP contribution in [0.1, 0.15) is 46.9 Å². The second-order valence-corrected chi connectivity index (χ2v) is 10.9. The molecule has 1 aliphatic rings. The lowest BCUT2D eigenvalue weighted by molar-refractivity contribution is -0.0398. The SMILES string of the molecule is C#CCN(c1nc(-c2cc(C)c(OC)cc2Cl)c(C)s1)[C@@H](CC1CC1)c1ccc(COCOC)c(F)c1. The largest absolute Gasteiger partial charge is 0.496 e. The van der Waals surface area contributed by atoms with Gasteiger partial charge in [0.1, 0.15) is 18.4 Å². The second-order valence-electron chi connectivity index (χ2n) is 9.34. The number of terminal acetylenes is 1. The molecule has 37 heavy (non-hydrogen) atoms. The van der Waals surface area contributed by atoms with Gasteiger partial charge in [-0.15, -0.1) is 17.8 Å². The number of thiazole rings is 1. The number of anilines is 1. The van der Waals surface area contributed by atoms with Gasteiger partial charge in [0.15, 0.2) is 5.13 Å². The van der Waals surface area contributed by atoms with Crippen LogP contribution in [-0.4, -0.2) is 32.5 Å². The van der Waals surface area contributed by atoms with Crippen molar-refractivity contribution in [2.45, 2.75) is 45.8 Å². The maximum absolute atomic E-state index is 15.1. The van der Waals surface area contributed by atoms with Crippen molar-refractivity contribution in [3.8, 4) is 29.4 Å². The summed E-state index contributed by atoms with van der Waals surface area (Å²) in [4.78, 5) is 8.17. The highest BCUT2D eigenvalue weighted by Gasteiger charge is 2.32. The monoisotopic (exact) mass is 542 g/mol. The molecule has 3 aromatic rings. The van der Waals surface area contributed by atoms with Crippen LogP contribution >= 0.6 is 22.9 Å². The Labute approximate surface area is 227 Å². The number of aromatic nitrogens is 1. The predicted molar refractivity (Wildman–Crippen MR) is 148 cm³/mol. The molecule has 1 atom stereocenters. The summed E-state index contributed by atoms with van der Waals surface area (Å²) in [7, 11) is 3.17. The number of halogens is 2. The fourth-order valence-electron chi connectivity index (χ4n) is 4.46. The molecule has 1 fully saturated rings. The Bertz CT molecular complexity index is 1280. The molecule has 0 N–H and O–H groups in total. The first-order valence-corrected chi connectivity index (χ1v) is 13.4. The van der Waals surface area contributed by atoms with Crippen molar-refractivity contribution < 1.29 is 18.6 Å². The van der Waals surface area contributed by atoms with Crippen molar-refractivity contribution in [1.82, 2.24) is 4.98 Å². The molecule has 0 aliphatic heterocycles. The molecule has 8 heteroatoms. The van der Waals surface area contributed by atoms with Gasteiger partial charge in [0.25, 0.3) is 0 Å². The van der Waals surface area contributed by atoms with Crippen molar-refractivity contribution >= 4 is 28.1 Å². The third-order valence-electron chi connectivity index (χ3n) is 6.58. The molecule has 1 saturated carbocycles. The molecule has 0 bridgehead atoms. The third-order valence-corrected chi connectivity index (χ3v) is 7.90. The fraction of sp³-hybridized carbons (Fsp3) is 0.414. The molecule has 2 aromatic carbocycles. The van der Waals surface area contributed by atoms with Crippen LogP contribution in [-0.2, 0) is 16.1 Å². The molecule has 0 unspecified atom stereocenters. The summed E-state index contributed by atoms with van der Waals surface area (Å²) in [6.07, 6.45) is 9.07. The van der Waals surface area contributed by atoms with Crippen LogP contribution in [0.3, 0.4) is 0 Å². The standard InChI is InChI=1S/C29H32ClFN2O3S/c1-6-11-33(29-32-28(19(3)37-29)23-12-18(2)27(35-5)15-24(23)30)26(13-20-7-8-20)21-9-10-22(25(31)14-21)16-36-17-34-4/h1,9-10,12,14-15,20,26H,7-8,11,13,16-17H2,2-5H3/t26-/m0/s1. The van der Waals surface area contributed by atoms with Gasteiger partial charge in [-0.3, -0.25) is 0 Å². The zero-order valence-corrected chi connectivity index (χ0v) is 23.2. The van der Waals surface area contributed by atoms with E-state index in [1.54, 1.807) is 30.6 Å². The zero-order chi connectivity index (χ0) is 26.5. The molecule has 0 amide bonds. The fourth-order valence-corrected chi connectivity index (χ4v) is 5.68. The van der Waals surface area contributed by atoms with E-state index in [4.69, 9.17) is 37.2 Å². The number of hydrogen-bond acceptors (Lipinski definition) is 6. The van der Waals surface area contributed by atoms with E-state index in [1.807, 2.05) is 32.0 Å². The normalized spacial score (nSPS) is 13.9. The first-order valence-electron chi connectivity index (χ1n) is 12.2. The third kappa shape index (κ3) is 6.45. The van der Waals surface area contributed by atoms with Crippen molar-refractivity contribution in [2.75, 3.05) is 32.5 Å². The number of hydrogen-bond donors (Lipinski definition) is 0. The average Bonchev–Trinajstić information content (AvgIpc) is 3.62. The van der Waals surface area contributed by atoms with Gasteiger partial charge in [-0.2, -0.15) is 0 Å². The van der Waals surface area contributed by atoms with E-state index in [9.17, 15) is 0 Å². The maximum atomic E-state index is 15.1. The van der Waals surface area contributed by atoms with Crippen LogP contribution in [0.15, 0.2) is 30.3 Å². The van der Waals surface area contributed by atoms with Crippen molar-refractivity contribution in [2.24, 2.45) is 5.92 Å². The lowest BCUT2D eigenvalue weighted by Gasteiger charge is -2.31. The summed E-state index contributed by atoms with van der Waals surface area (Å²) in [5.74, 6) is 3.83. The van der Waals surface area contributed by atoms with Crippen molar-refractivity contribution in [3.63, 3.8) is 0 Å². The van der Waals surface area contributed by atoms with Gasteiger partial charge < -0.3 is 19.1 Å². The number of benzene rings is 2. The molecule has 0 spiro atoms. The Hall–Kier alpha value is -2.63. The summed E-state index contributed by atoms with van der Waals surface area (Å²) >= 11 is 8.20. The Morgan fingerprint density at radius 3 is 2.68 bits per heavy atom. The van der Waals surface area contributed by atoms with Gasteiger partial charge in [-0.05, 0) is 55.5 Å². The molecular formula is C29H32ClFN2O3S. The minimum atomic E-state index is -0.299. The van der Waals surface area contributed by atoms with Gasteiger partial charge in [0.2, 0.25) is 0 Å². The number of aryl methyl sites for hydroxylation is 2. The number of ether oxygens (including phenoxy) is 3. The van der Waals surface area contributed by atoms with Crippen molar-refractivity contribution in [1.29, 1.82) is 0 Å². The second kappa shape index (κ2) is 12.3. The molecular weight excluding hydrogens is 511 g/mol. The van der Waals surface area contributed by atoms with Gasteiger partial charge in [-0.1, -0.05) is 42.5 Å². The highest BCUT2D eigenvalue weighted by molar-refractivity contribution is 7.16. The van der Waals surface area contributed by atoms with E-state index < -0.39 is 0 Å². The van der Waals surface area contributed by atoms with Crippen molar-refractivity contribution in [3.05, 3.63) is 62.7 Å². The van der Waals surface area contributed by atoms with Gasteiger partial charge >= 0.3 is 0 Å². The number of methoxy groups -OCH3 is 2. The molecule has 4 rings (SSSR count). The van der Waals surface area contributed by atoms with Gasteiger partial charge in [0.05, 0.1) is 37.0 Å². The summed E-state index contributed by atoms with van der Waals surface area (Å²) in [6.45, 7) is 4.64. The Balaban J connectivity index is 1.70. The maximum Gasteiger partial charge on any atom is 0.187 e. The summed E-state index contributed by atoms with van der Waals surface area (Å²) < 4.78 is 30.7. The van der Waals surface area contributed by atoms with Gasteiger partial charge in [0, 0.05) is 23.1 Å². The topological polar surface area (TPSA) is 43.8 Å². The number of rotatable bonds is 12. The molecule has 196 valence electrons. The lowest BCUT2D eigenvalue weighted by atomic mass is 9.98. The Kier molecular flexibility index (Phi) is 9.09. The van der Waals surface area contributed by atoms with E-state index in [1.165, 1.54) is 20.0 Å². The lowest BCUT2D eigenvalue weighted by Crippen LogP contribution is -2.29. The van der Waals surface area contributed by atoms with Crippen LogP contribution < -0.4 is 9.64 Å². The predicted octanol–water partition coefficient (Wildman–Crippen LogP) is 7.33. The Morgan fingerprint density at radius 1 is 1.24 bits per heavy atom.